The smallest absolute Gasteiger partial charge is 0.299 e. The van der Waals surface area contributed by atoms with Gasteiger partial charge < -0.3 is 0 Å². The van der Waals surface area contributed by atoms with Crippen molar-refractivity contribution in [3.05, 3.63) is 0 Å². The molecule has 0 N–H and O–H groups in total. The standard InChI is InChI=1S/C13H17F3O/c1-2-3-4-8-12(17)10-6-5-7-11(9-10)13(14,15)16/h10-11H,4-9H2,1H3. The van der Waals surface area contributed by atoms with Crippen molar-refractivity contribution in [3.8, 4) is 11.8 Å². The van der Waals surface area contributed by atoms with Crippen molar-refractivity contribution in [3.63, 3.8) is 0 Å². The number of ketones is 1. The zero-order chi connectivity index (χ0) is 12.9. The molecule has 0 aromatic rings. The van der Waals surface area contributed by atoms with Gasteiger partial charge in [0.15, 0.2) is 0 Å². The predicted octanol–water partition coefficient (Wildman–Crippen LogP) is 3.73. The van der Waals surface area contributed by atoms with Crippen molar-refractivity contribution in [2.45, 2.75) is 51.6 Å². The van der Waals surface area contributed by atoms with Gasteiger partial charge in [0.25, 0.3) is 0 Å². The van der Waals surface area contributed by atoms with Crippen LogP contribution in [0.3, 0.4) is 0 Å². The van der Waals surface area contributed by atoms with Crippen LogP contribution in [0.5, 0.6) is 0 Å². The number of carbonyl (C=O) groups is 1. The van der Waals surface area contributed by atoms with Gasteiger partial charge in [0.2, 0.25) is 0 Å². The molecule has 96 valence electrons. The Kier molecular flexibility index (Phi) is 5.04. The Labute approximate surface area is 99.8 Å². The van der Waals surface area contributed by atoms with Crippen molar-refractivity contribution < 1.29 is 18.0 Å². The van der Waals surface area contributed by atoms with E-state index in [0.717, 1.165) is 0 Å². The first-order valence-electron chi connectivity index (χ1n) is 5.94. The summed E-state index contributed by atoms with van der Waals surface area (Å²) in [6, 6.07) is 0. The molecule has 1 rings (SSSR count). The molecule has 0 aromatic carbocycles. The number of hydrogen-bond acceptors (Lipinski definition) is 1. The third-order valence-corrected chi connectivity index (χ3v) is 3.27. The van der Waals surface area contributed by atoms with Crippen molar-refractivity contribution in [2.75, 3.05) is 0 Å². The predicted molar refractivity (Wildman–Crippen MR) is 59.2 cm³/mol. The summed E-state index contributed by atoms with van der Waals surface area (Å²) in [5, 5.41) is 0. The molecule has 0 saturated heterocycles. The van der Waals surface area contributed by atoms with E-state index in [1.54, 1.807) is 6.92 Å². The van der Waals surface area contributed by atoms with Crippen LogP contribution in [0.1, 0.15) is 45.4 Å². The average Bonchev–Trinajstić information content (AvgIpc) is 2.28. The molecule has 1 nitrogen and oxygen atoms in total. The zero-order valence-electron chi connectivity index (χ0n) is 9.94. The lowest BCUT2D eigenvalue weighted by atomic mass is 9.78. The molecule has 0 aliphatic heterocycles. The van der Waals surface area contributed by atoms with Crippen LogP contribution >= 0.6 is 0 Å². The van der Waals surface area contributed by atoms with Gasteiger partial charge in [-0.3, -0.25) is 4.79 Å². The number of rotatable bonds is 3. The maximum atomic E-state index is 12.6. The van der Waals surface area contributed by atoms with Crippen LogP contribution in [0.15, 0.2) is 0 Å². The lowest BCUT2D eigenvalue weighted by molar-refractivity contribution is -0.186. The van der Waals surface area contributed by atoms with E-state index in [1.165, 1.54) is 0 Å². The minimum absolute atomic E-state index is 0.0259. The van der Waals surface area contributed by atoms with Crippen LogP contribution in [-0.4, -0.2) is 12.0 Å². The number of halogens is 3. The summed E-state index contributed by atoms with van der Waals surface area (Å²) < 4.78 is 37.7. The maximum absolute atomic E-state index is 12.6. The van der Waals surface area contributed by atoms with Crippen molar-refractivity contribution in [1.82, 2.24) is 0 Å². The lowest BCUT2D eigenvalue weighted by Crippen LogP contribution is -2.31. The van der Waals surface area contributed by atoms with E-state index in [9.17, 15) is 18.0 Å². The molecule has 17 heavy (non-hydrogen) atoms. The molecule has 1 aliphatic rings. The molecule has 0 bridgehead atoms. The normalized spacial score (nSPS) is 24.9. The van der Waals surface area contributed by atoms with Gasteiger partial charge in [-0.05, 0) is 26.2 Å². The average molecular weight is 246 g/mol. The highest BCUT2D eigenvalue weighted by Gasteiger charge is 2.43. The minimum Gasteiger partial charge on any atom is -0.299 e. The number of alkyl halides is 3. The van der Waals surface area contributed by atoms with Gasteiger partial charge >= 0.3 is 6.18 Å². The maximum Gasteiger partial charge on any atom is 0.391 e. The molecule has 0 spiro atoms. The van der Waals surface area contributed by atoms with Gasteiger partial charge in [-0.1, -0.05) is 6.42 Å². The van der Waals surface area contributed by atoms with E-state index in [-0.39, 0.29) is 25.0 Å². The molecule has 0 amide bonds. The van der Waals surface area contributed by atoms with E-state index in [2.05, 4.69) is 11.8 Å². The largest absolute Gasteiger partial charge is 0.391 e. The second kappa shape index (κ2) is 6.09. The number of hydrogen-bond donors (Lipinski definition) is 0. The molecule has 1 saturated carbocycles. The fraction of sp³-hybridized carbons (Fsp3) is 0.769. The van der Waals surface area contributed by atoms with Crippen LogP contribution in [0.25, 0.3) is 0 Å². The fourth-order valence-corrected chi connectivity index (χ4v) is 2.29. The topological polar surface area (TPSA) is 17.1 Å². The second-order valence-corrected chi connectivity index (χ2v) is 4.50. The lowest BCUT2D eigenvalue weighted by Gasteiger charge is -2.29. The molecular weight excluding hydrogens is 229 g/mol. The Morgan fingerprint density at radius 3 is 2.65 bits per heavy atom. The Morgan fingerprint density at radius 2 is 2.06 bits per heavy atom. The summed E-state index contributed by atoms with van der Waals surface area (Å²) in [6.07, 6.45) is -2.16. The molecule has 1 fully saturated rings. The Balaban J connectivity index is 2.48. The van der Waals surface area contributed by atoms with Gasteiger partial charge in [0, 0.05) is 18.8 Å². The SMILES string of the molecule is CC#CCCC(=O)C1CCCC(C(F)(F)F)C1. The molecule has 0 radical (unpaired) electrons. The Hall–Kier alpha value is -0.980. The first kappa shape index (κ1) is 14.1. The highest BCUT2D eigenvalue weighted by Crippen LogP contribution is 2.40. The molecule has 0 aromatic heterocycles. The first-order chi connectivity index (χ1) is 7.95. The Bertz CT molecular complexity index is 322. The van der Waals surface area contributed by atoms with Crippen LogP contribution in [0, 0.1) is 23.7 Å². The van der Waals surface area contributed by atoms with Crippen molar-refractivity contribution in [1.29, 1.82) is 0 Å². The van der Waals surface area contributed by atoms with E-state index >= 15 is 0 Å². The monoisotopic (exact) mass is 246 g/mol. The van der Waals surface area contributed by atoms with E-state index < -0.39 is 18.0 Å². The van der Waals surface area contributed by atoms with Crippen LogP contribution in [0.4, 0.5) is 13.2 Å². The third-order valence-electron chi connectivity index (χ3n) is 3.27. The summed E-state index contributed by atoms with van der Waals surface area (Å²) in [4.78, 5) is 11.7. The summed E-state index contributed by atoms with van der Waals surface area (Å²) in [5.41, 5.74) is 0. The molecular formula is C13H17F3O. The Morgan fingerprint density at radius 1 is 1.35 bits per heavy atom. The minimum atomic E-state index is -4.15. The van der Waals surface area contributed by atoms with Gasteiger partial charge in [-0.15, -0.1) is 11.8 Å². The molecule has 4 heteroatoms. The van der Waals surface area contributed by atoms with E-state index in [0.29, 0.717) is 19.3 Å². The summed E-state index contributed by atoms with van der Waals surface area (Å²) in [5.74, 6) is 3.69. The van der Waals surface area contributed by atoms with Gasteiger partial charge in [-0.2, -0.15) is 13.2 Å². The first-order valence-corrected chi connectivity index (χ1v) is 5.94. The fourth-order valence-electron chi connectivity index (χ4n) is 2.29. The number of carbonyl (C=O) groups excluding carboxylic acids is 1. The zero-order valence-corrected chi connectivity index (χ0v) is 9.94. The summed E-state index contributed by atoms with van der Waals surface area (Å²) in [7, 11) is 0. The molecule has 2 atom stereocenters. The van der Waals surface area contributed by atoms with Crippen LogP contribution in [-0.2, 0) is 4.79 Å². The van der Waals surface area contributed by atoms with Crippen molar-refractivity contribution >= 4 is 5.78 Å². The molecule has 1 aliphatic carbocycles. The van der Waals surface area contributed by atoms with Crippen LogP contribution < -0.4 is 0 Å². The van der Waals surface area contributed by atoms with Gasteiger partial charge in [0.1, 0.15) is 5.78 Å². The van der Waals surface area contributed by atoms with Gasteiger partial charge in [0.05, 0.1) is 5.92 Å². The van der Waals surface area contributed by atoms with Crippen LogP contribution in [0.2, 0.25) is 0 Å². The van der Waals surface area contributed by atoms with E-state index in [4.69, 9.17) is 0 Å². The molecule has 2 unspecified atom stereocenters. The van der Waals surface area contributed by atoms with Gasteiger partial charge in [-0.25, -0.2) is 0 Å². The highest BCUT2D eigenvalue weighted by atomic mass is 19.4. The highest BCUT2D eigenvalue weighted by molar-refractivity contribution is 5.81. The summed E-state index contributed by atoms with van der Waals surface area (Å²) >= 11 is 0. The second-order valence-electron chi connectivity index (χ2n) is 4.50. The summed E-state index contributed by atoms with van der Waals surface area (Å²) in [6.45, 7) is 1.69. The quantitative estimate of drug-likeness (QED) is 0.693. The third kappa shape index (κ3) is 4.41. The number of Topliss-reactive ketones (excluding diaryl/α,β-unsaturated/α-hetero) is 1. The van der Waals surface area contributed by atoms with Crippen molar-refractivity contribution in [2.24, 2.45) is 11.8 Å². The van der Waals surface area contributed by atoms with E-state index in [1.807, 2.05) is 0 Å². The molecule has 0 heterocycles.